The van der Waals surface area contributed by atoms with Crippen LogP contribution in [0.25, 0.3) is 69.9 Å². The molecule has 0 saturated carbocycles. The molecule has 0 atom stereocenters. The van der Waals surface area contributed by atoms with Crippen LogP contribution >= 0.6 is 11.3 Å². The van der Waals surface area contributed by atoms with Crippen molar-refractivity contribution in [2.75, 3.05) is 4.90 Å². The van der Waals surface area contributed by atoms with E-state index in [2.05, 4.69) is 204 Å². The maximum atomic E-state index is 2.44. The molecule has 0 N–H and O–H groups in total. The molecule has 2 aromatic heterocycles. The van der Waals surface area contributed by atoms with Crippen LogP contribution in [0.15, 0.2) is 194 Å². The molecule has 10 rings (SSSR count). The molecule has 240 valence electrons. The van der Waals surface area contributed by atoms with Crippen LogP contribution in [-0.4, -0.2) is 4.57 Å². The fraction of sp³-hybridized carbons (Fsp3) is 0. The number of benzene rings is 8. The largest absolute Gasteiger partial charge is 0.309 e. The van der Waals surface area contributed by atoms with Crippen LogP contribution in [0, 0.1) is 0 Å². The van der Waals surface area contributed by atoms with Gasteiger partial charge in [-0.1, -0.05) is 140 Å². The first-order chi connectivity index (χ1) is 25.3. The molecule has 51 heavy (non-hydrogen) atoms. The maximum absolute atomic E-state index is 2.44. The van der Waals surface area contributed by atoms with Crippen LogP contribution in [0.4, 0.5) is 17.1 Å². The van der Waals surface area contributed by atoms with Crippen LogP contribution in [0.3, 0.4) is 0 Å². The van der Waals surface area contributed by atoms with E-state index in [9.17, 15) is 0 Å². The summed E-state index contributed by atoms with van der Waals surface area (Å²) in [6, 6.07) is 70.2. The lowest BCUT2D eigenvalue weighted by atomic mass is 9.99. The third-order valence-corrected chi connectivity index (χ3v) is 11.2. The zero-order chi connectivity index (χ0) is 33.7. The van der Waals surface area contributed by atoms with Crippen LogP contribution in [0.5, 0.6) is 0 Å². The van der Waals surface area contributed by atoms with Crippen molar-refractivity contribution in [1.82, 2.24) is 4.57 Å². The first kappa shape index (κ1) is 29.5. The molecule has 3 heteroatoms. The number of hydrogen-bond donors (Lipinski definition) is 0. The molecule has 0 unspecified atom stereocenters. The highest BCUT2D eigenvalue weighted by Gasteiger charge is 2.20. The van der Waals surface area contributed by atoms with Gasteiger partial charge in [0.15, 0.2) is 0 Å². The van der Waals surface area contributed by atoms with Crippen molar-refractivity contribution in [2.24, 2.45) is 0 Å². The normalized spacial score (nSPS) is 11.5. The van der Waals surface area contributed by atoms with Crippen molar-refractivity contribution < 1.29 is 0 Å². The van der Waals surface area contributed by atoms with Crippen molar-refractivity contribution in [2.45, 2.75) is 0 Å². The Labute approximate surface area is 300 Å². The topological polar surface area (TPSA) is 8.17 Å². The highest BCUT2D eigenvalue weighted by Crippen LogP contribution is 2.45. The van der Waals surface area contributed by atoms with Gasteiger partial charge in [0.2, 0.25) is 0 Å². The van der Waals surface area contributed by atoms with Crippen LogP contribution in [0.1, 0.15) is 0 Å². The van der Waals surface area contributed by atoms with Crippen molar-refractivity contribution in [3.8, 4) is 27.9 Å². The van der Waals surface area contributed by atoms with Crippen molar-refractivity contribution in [3.05, 3.63) is 194 Å². The summed E-state index contributed by atoms with van der Waals surface area (Å²) in [6.45, 7) is 0. The standard InChI is InChI=1S/C48H32N2S/c1-3-15-33(16-4-1)38-22-13-26-44-47(38)41-21-8-11-25-43(41)50(44)42-24-10-7-19-37(42)34-29-31-36(32-30-34)49(35-17-5-2-6-18-35)45-27-14-23-40-39-20-9-12-28-46(39)51-48(40)45/h1-32H. The predicted octanol–water partition coefficient (Wildman–Crippen LogP) is 14.0. The minimum atomic E-state index is 1.12. The molecule has 0 amide bonds. The fourth-order valence-electron chi connectivity index (χ4n) is 7.75. The molecule has 0 bridgehead atoms. The Hall–Kier alpha value is -6.42. The van der Waals surface area contributed by atoms with Gasteiger partial charge < -0.3 is 9.47 Å². The van der Waals surface area contributed by atoms with E-state index >= 15 is 0 Å². The molecule has 0 aliphatic heterocycles. The van der Waals surface area contributed by atoms with Gasteiger partial charge in [-0.05, 0) is 71.3 Å². The highest BCUT2D eigenvalue weighted by atomic mass is 32.1. The van der Waals surface area contributed by atoms with Crippen LogP contribution in [0.2, 0.25) is 0 Å². The van der Waals surface area contributed by atoms with E-state index in [4.69, 9.17) is 0 Å². The maximum Gasteiger partial charge on any atom is 0.0640 e. The Kier molecular flexibility index (Phi) is 7.04. The molecular weight excluding hydrogens is 637 g/mol. The van der Waals surface area contributed by atoms with Crippen molar-refractivity contribution >= 4 is 70.4 Å². The summed E-state index contributed by atoms with van der Waals surface area (Å²) in [5, 5.41) is 5.13. The monoisotopic (exact) mass is 668 g/mol. The first-order valence-corrected chi connectivity index (χ1v) is 18.2. The number of aromatic nitrogens is 1. The van der Waals surface area contributed by atoms with E-state index in [0.29, 0.717) is 0 Å². The van der Waals surface area contributed by atoms with Gasteiger partial charge in [-0.3, -0.25) is 0 Å². The Bertz CT molecular complexity index is 2850. The smallest absolute Gasteiger partial charge is 0.0640 e. The molecule has 10 aromatic rings. The quantitative estimate of drug-likeness (QED) is 0.171. The average molecular weight is 669 g/mol. The molecule has 0 aliphatic rings. The van der Waals surface area contributed by atoms with Gasteiger partial charge in [0, 0.05) is 43.2 Å². The molecule has 0 spiro atoms. The van der Waals surface area contributed by atoms with Crippen molar-refractivity contribution in [3.63, 3.8) is 0 Å². The molecule has 0 aliphatic carbocycles. The average Bonchev–Trinajstić information content (AvgIpc) is 3.76. The van der Waals surface area contributed by atoms with Gasteiger partial charge in [-0.15, -0.1) is 11.3 Å². The molecule has 0 saturated heterocycles. The van der Waals surface area contributed by atoms with Gasteiger partial charge >= 0.3 is 0 Å². The molecule has 2 heterocycles. The van der Waals surface area contributed by atoms with Crippen LogP contribution < -0.4 is 4.90 Å². The number of anilines is 3. The van der Waals surface area contributed by atoms with E-state index < -0.39 is 0 Å². The molecule has 0 radical (unpaired) electrons. The van der Waals surface area contributed by atoms with E-state index in [1.54, 1.807) is 0 Å². The van der Waals surface area contributed by atoms with Gasteiger partial charge in [0.1, 0.15) is 0 Å². The lowest BCUT2D eigenvalue weighted by Crippen LogP contribution is -2.09. The Morgan fingerprint density at radius 3 is 1.82 bits per heavy atom. The van der Waals surface area contributed by atoms with E-state index in [1.807, 2.05) is 11.3 Å². The summed E-state index contributed by atoms with van der Waals surface area (Å²) in [6.07, 6.45) is 0. The predicted molar refractivity (Wildman–Crippen MR) is 219 cm³/mol. The summed E-state index contributed by atoms with van der Waals surface area (Å²) in [5.74, 6) is 0. The lowest BCUT2D eigenvalue weighted by molar-refractivity contribution is 1.18. The highest BCUT2D eigenvalue weighted by molar-refractivity contribution is 7.26. The Balaban J connectivity index is 1.13. The van der Waals surface area contributed by atoms with E-state index in [0.717, 1.165) is 17.1 Å². The number of thiophene rings is 1. The number of para-hydroxylation sites is 3. The Morgan fingerprint density at radius 2 is 0.980 bits per heavy atom. The molecule has 2 nitrogen and oxygen atoms in total. The second-order valence-electron chi connectivity index (χ2n) is 12.9. The molecule has 8 aromatic carbocycles. The Morgan fingerprint density at radius 1 is 0.392 bits per heavy atom. The summed E-state index contributed by atoms with van der Waals surface area (Å²) in [4.78, 5) is 2.39. The van der Waals surface area contributed by atoms with Crippen molar-refractivity contribution in [1.29, 1.82) is 0 Å². The minimum absolute atomic E-state index is 1.12. The molecular formula is C48H32N2S. The summed E-state index contributed by atoms with van der Waals surface area (Å²) >= 11 is 1.86. The number of rotatable bonds is 6. The van der Waals surface area contributed by atoms with Gasteiger partial charge in [0.25, 0.3) is 0 Å². The summed E-state index contributed by atoms with van der Waals surface area (Å²) in [5.41, 5.74) is 11.8. The zero-order valence-corrected chi connectivity index (χ0v) is 28.6. The summed E-state index contributed by atoms with van der Waals surface area (Å²) in [7, 11) is 0. The third-order valence-electron chi connectivity index (χ3n) is 10.0. The number of hydrogen-bond acceptors (Lipinski definition) is 2. The molecule has 0 fully saturated rings. The van der Waals surface area contributed by atoms with Gasteiger partial charge in [0.05, 0.1) is 27.1 Å². The second kappa shape index (κ2) is 12.2. The minimum Gasteiger partial charge on any atom is -0.309 e. The third kappa shape index (κ3) is 4.85. The number of fused-ring (bicyclic) bond motifs is 6. The van der Waals surface area contributed by atoms with Crippen LogP contribution in [-0.2, 0) is 0 Å². The fourth-order valence-corrected chi connectivity index (χ4v) is 8.96. The lowest BCUT2D eigenvalue weighted by Gasteiger charge is -2.26. The van der Waals surface area contributed by atoms with Gasteiger partial charge in [-0.25, -0.2) is 0 Å². The second-order valence-corrected chi connectivity index (χ2v) is 14.0. The zero-order valence-electron chi connectivity index (χ0n) is 27.8. The first-order valence-electron chi connectivity index (χ1n) is 17.4. The van der Waals surface area contributed by atoms with Gasteiger partial charge in [-0.2, -0.15) is 0 Å². The van der Waals surface area contributed by atoms with E-state index in [-0.39, 0.29) is 0 Å². The van der Waals surface area contributed by atoms with E-state index in [1.165, 1.54) is 69.9 Å². The number of nitrogens with zero attached hydrogens (tertiary/aromatic N) is 2. The SMILES string of the molecule is c1ccc(-c2cccc3c2c2ccccc2n3-c2ccccc2-c2ccc(N(c3ccccc3)c3cccc4c3sc3ccccc34)cc2)cc1. The summed E-state index contributed by atoms with van der Waals surface area (Å²) < 4.78 is 5.04.